The van der Waals surface area contributed by atoms with Crippen LogP contribution in [0, 0.1) is 6.92 Å². The number of para-hydroxylation sites is 2. The van der Waals surface area contributed by atoms with E-state index < -0.39 is 17.6 Å². The van der Waals surface area contributed by atoms with Crippen molar-refractivity contribution in [1.29, 1.82) is 0 Å². The molecule has 4 rings (SSSR count). The van der Waals surface area contributed by atoms with Crippen LogP contribution in [0.2, 0.25) is 0 Å². The standard InChI is InChI=1S/C26H23F3N4O2/c1-17-7-2-3-10-20(17)25(35)30-14-13-23-32-21-11-4-5-12-22(21)33(23)16-24(34)31-19-9-6-8-18(15-19)26(27,28)29/h2-12,15H,13-14,16H2,1H3,(H,30,35)(H,31,34). The molecule has 6 nitrogen and oxygen atoms in total. The molecule has 0 radical (unpaired) electrons. The number of hydrogen-bond acceptors (Lipinski definition) is 3. The molecule has 180 valence electrons. The number of halogens is 3. The molecule has 1 aromatic heterocycles. The molecule has 35 heavy (non-hydrogen) atoms. The molecule has 0 fully saturated rings. The Morgan fingerprint density at radius 1 is 0.971 bits per heavy atom. The molecular formula is C26H23F3N4O2. The Labute approximate surface area is 199 Å². The van der Waals surface area contributed by atoms with Crippen molar-refractivity contribution in [3.63, 3.8) is 0 Å². The second-order valence-electron chi connectivity index (χ2n) is 8.05. The number of aromatic nitrogens is 2. The van der Waals surface area contributed by atoms with Gasteiger partial charge in [0, 0.05) is 24.2 Å². The van der Waals surface area contributed by atoms with Crippen molar-refractivity contribution in [2.24, 2.45) is 0 Å². The maximum absolute atomic E-state index is 13.0. The first-order valence-corrected chi connectivity index (χ1v) is 11.0. The van der Waals surface area contributed by atoms with Crippen LogP contribution in [0.4, 0.5) is 18.9 Å². The molecule has 0 spiro atoms. The number of imidazole rings is 1. The van der Waals surface area contributed by atoms with Gasteiger partial charge in [-0.25, -0.2) is 4.98 Å². The topological polar surface area (TPSA) is 76.0 Å². The maximum Gasteiger partial charge on any atom is 0.416 e. The number of rotatable bonds is 7. The van der Waals surface area contributed by atoms with Crippen LogP contribution in [0.3, 0.4) is 0 Å². The SMILES string of the molecule is Cc1ccccc1C(=O)NCCc1nc2ccccc2n1CC(=O)Nc1cccc(C(F)(F)F)c1. The predicted octanol–water partition coefficient (Wildman–Crippen LogP) is 4.97. The van der Waals surface area contributed by atoms with Crippen LogP contribution in [-0.2, 0) is 23.9 Å². The number of anilines is 1. The third kappa shape index (κ3) is 5.68. The Morgan fingerprint density at radius 3 is 2.49 bits per heavy atom. The highest BCUT2D eigenvalue weighted by molar-refractivity contribution is 5.95. The summed E-state index contributed by atoms with van der Waals surface area (Å²) < 4.78 is 40.7. The van der Waals surface area contributed by atoms with E-state index in [1.54, 1.807) is 16.7 Å². The number of benzene rings is 3. The smallest absolute Gasteiger partial charge is 0.352 e. The Kier molecular flexibility index (Phi) is 6.86. The van der Waals surface area contributed by atoms with Gasteiger partial charge in [0.15, 0.2) is 0 Å². The lowest BCUT2D eigenvalue weighted by Crippen LogP contribution is -2.27. The number of nitrogens with zero attached hydrogens (tertiary/aromatic N) is 2. The van der Waals surface area contributed by atoms with Crippen LogP contribution < -0.4 is 10.6 Å². The molecule has 0 atom stereocenters. The fourth-order valence-corrected chi connectivity index (χ4v) is 3.82. The molecule has 2 N–H and O–H groups in total. The largest absolute Gasteiger partial charge is 0.416 e. The number of carbonyl (C=O) groups excluding carboxylic acids is 2. The van der Waals surface area contributed by atoms with Crippen molar-refractivity contribution in [2.75, 3.05) is 11.9 Å². The van der Waals surface area contributed by atoms with Gasteiger partial charge in [0.25, 0.3) is 5.91 Å². The number of carbonyl (C=O) groups is 2. The highest BCUT2D eigenvalue weighted by Crippen LogP contribution is 2.30. The molecule has 0 aliphatic heterocycles. The zero-order chi connectivity index (χ0) is 25.0. The number of nitrogens with one attached hydrogen (secondary N) is 2. The summed E-state index contributed by atoms with van der Waals surface area (Å²) in [4.78, 5) is 29.8. The summed E-state index contributed by atoms with van der Waals surface area (Å²) in [5.41, 5.74) is 2.06. The van der Waals surface area contributed by atoms with E-state index in [0.29, 0.717) is 35.4 Å². The lowest BCUT2D eigenvalue weighted by atomic mass is 10.1. The fraction of sp³-hybridized carbons (Fsp3) is 0.192. The van der Waals surface area contributed by atoms with Crippen LogP contribution in [0.1, 0.15) is 27.3 Å². The summed E-state index contributed by atoms with van der Waals surface area (Å²) in [6.07, 6.45) is -4.14. The second kappa shape index (κ2) is 10.0. The van der Waals surface area contributed by atoms with Gasteiger partial charge in [-0.1, -0.05) is 36.4 Å². The highest BCUT2D eigenvalue weighted by atomic mass is 19.4. The molecule has 0 bridgehead atoms. The third-order valence-electron chi connectivity index (χ3n) is 5.53. The van der Waals surface area contributed by atoms with Crippen molar-refractivity contribution >= 4 is 28.5 Å². The molecule has 9 heteroatoms. The summed E-state index contributed by atoms with van der Waals surface area (Å²) in [6, 6.07) is 19.0. The number of hydrogen-bond donors (Lipinski definition) is 2. The molecule has 4 aromatic rings. The van der Waals surface area contributed by atoms with Gasteiger partial charge in [0.2, 0.25) is 5.91 Å². The van der Waals surface area contributed by atoms with Gasteiger partial charge in [0.1, 0.15) is 12.4 Å². The Bertz CT molecular complexity index is 1380. The first-order valence-electron chi connectivity index (χ1n) is 11.0. The second-order valence-corrected chi connectivity index (χ2v) is 8.05. The van der Waals surface area contributed by atoms with E-state index in [1.165, 1.54) is 12.1 Å². The molecule has 0 unspecified atom stereocenters. The van der Waals surface area contributed by atoms with Crippen molar-refractivity contribution in [3.8, 4) is 0 Å². The first kappa shape index (κ1) is 24.0. The summed E-state index contributed by atoms with van der Waals surface area (Å²) in [6.45, 7) is 2.01. The van der Waals surface area contributed by atoms with Crippen LogP contribution in [0.25, 0.3) is 11.0 Å². The van der Waals surface area contributed by atoms with Gasteiger partial charge < -0.3 is 15.2 Å². The Hall–Kier alpha value is -4.14. The van der Waals surface area contributed by atoms with Gasteiger partial charge >= 0.3 is 6.18 Å². The zero-order valence-electron chi connectivity index (χ0n) is 18.9. The number of alkyl halides is 3. The molecule has 0 aliphatic rings. The van der Waals surface area contributed by atoms with Gasteiger partial charge in [-0.05, 0) is 48.9 Å². The van der Waals surface area contributed by atoms with Crippen LogP contribution in [-0.4, -0.2) is 27.9 Å². The van der Waals surface area contributed by atoms with Crippen LogP contribution in [0.15, 0.2) is 72.8 Å². The summed E-state index contributed by atoms with van der Waals surface area (Å²) in [7, 11) is 0. The van der Waals surface area contributed by atoms with E-state index in [9.17, 15) is 22.8 Å². The first-order chi connectivity index (χ1) is 16.7. The molecular weight excluding hydrogens is 457 g/mol. The molecule has 0 saturated heterocycles. The summed E-state index contributed by atoms with van der Waals surface area (Å²) in [5.74, 6) is -0.110. The van der Waals surface area contributed by atoms with Gasteiger partial charge in [-0.15, -0.1) is 0 Å². The number of fused-ring (bicyclic) bond motifs is 1. The van der Waals surface area contributed by atoms with Crippen LogP contribution in [0.5, 0.6) is 0 Å². The molecule has 0 saturated carbocycles. The monoisotopic (exact) mass is 480 g/mol. The lowest BCUT2D eigenvalue weighted by Gasteiger charge is -2.12. The maximum atomic E-state index is 13.0. The van der Waals surface area contributed by atoms with Crippen molar-refractivity contribution < 1.29 is 22.8 Å². The van der Waals surface area contributed by atoms with E-state index in [0.717, 1.165) is 17.7 Å². The van der Waals surface area contributed by atoms with Gasteiger partial charge in [0.05, 0.1) is 16.6 Å². The Balaban J connectivity index is 1.48. The van der Waals surface area contributed by atoms with Crippen molar-refractivity contribution in [1.82, 2.24) is 14.9 Å². The molecule has 3 aromatic carbocycles. The van der Waals surface area contributed by atoms with Gasteiger partial charge in [-0.2, -0.15) is 13.2 Å². The van der Waals surface area contributed by atoms with Crippen molar-refractivity contribution in [2.45, 2.75) is 26.1 Å². The molecule has 0 aliphatic carbocycles. The van der Waals surface area contributed by atoms with Crippen LogP contribution >= 0.6 is 0 Å². The van der Waals surface area contributed by atoms with E-state index in [2.05, 4.69) is 15.6 Å². The van der Waals surface area contributed by atoms with E-state index >= 15 is 0 Å². The minimum absolute atomic E-state index is 0.0568. The fourth-order valence-electron chi connectivity index (χ4n) is 3.82. The van der Waals surface area contributed by atoms with E-state index in [4.69, 9.17) is 0 Å². The highest BCUT2D eigenvalue weighted by Gasteiger charge is 2.30. The van der Waals surface area contributed by atoms with Gasteiger partial charge in [-0.3, -0.25) is 9.59 Å². The normalized spacial score (nSPS) is 11.4. The average molecular weight is 480 g/mol. The summed E-state index contributed by atoms with van der Waals surface area (Å²) >= 11 is 0. The quantitative estimate of drug-likeness (QED) is 0.392. The Morgan fingerprint density at radius 2 is 1.71 bits per heavy atom. The third-order valence-corrected chi connectivity index (χ3v) is 5.53. The van der Waals surface area contributed by atoms with Crippen molar-refractivity contribution in [3.05, 3.63) is 95.3 Å². The van der Waals surface area contributed by atoms with E-state index in [-0.39, 0.29) is 18.1 Å². The summed E-state index contributed by atoms with van der Waals surface area (Å²) in [5, 5.41) is 5.40. The lowest BCUT2D eigenvalue weighted by molar-refractivity contribution is -0.137. The number of aryl methyl sites for hydroxylation is 1. The minimum Gasteiger partial charge on any atom is -0.352 e. The average Bonchev–Trinajstić information content (AvgIpc) is 3.16. The van der Waals surface area contributed by atoms with E-state index in [1.807, 2.05) is 43.3 Å². The molecule has 1 heterocycles. The predicted molar refractivity (Wildman–Crippen MR) is 127 cm³/mol. The minimum atomic E-state index is -4.50. The number of amides is 2. The zero-order valence-corrected chi connectivity index (χ0v) is 18.9. The molecule has 2 amide bonds.